The largest absolute Gasteiger partial charge is 0.394 e. The Morgan fingerprint density at radius 2 is 1.50 bits per heavy atom. The minimum atomic E-state index is -1.74. The Morgan fingerprint density at radius 3 is 2.04 bits per heavy atom. The number of hydrogen-bond acceptors (Lipinski definition) is 11. The second-order valence-electron chi connectivity index (χ2n) is 6.26. The first-order chi connectivity index (χ1) is 12.2. The molecule has 2 rings (SSSR count). The molecule has 0 aromatic heterocycles. The summed E-state index contributed by atoms with van der Waals surface area (Å²) < 4.78 is 15.7. The van der Waals surface area contributed by atoms with E-state index in [1.807, 2.05) is 0 Å². The lowest BCUT2D eigenvalue weighted by atomic mass is 9.95. The van der Waals surface area contributed by atoms with Crippen LogP contribution in [0.2, 0.25) is 0 Å². The van der Waals surface area contributed by atoms with E-state index in [4.69, 9.17) is 14.2 Å². The van der Waals surface area contributed by atoms with E-state index in [0.29, 0.717) is 0 Å². The van der Waals surface area contributed by atoms with Gasteiger partial charge in [-0.1, -0.05) is 0 Å². The number of carbonyl (C=O) groups excluding carboxylic acids is 1. The van der Waals surface area contributed by atoms with Gasteiger partial charge in [-0.05, 0) is 0 Å². The number of aliphatic hydroxyl groups excluding tert-OH is 7. The predicted molar refractivity (Wildman–Crippen MR) is 80.2 cm³/mol. The van der Waals surface area contributed by atoms with Crippen LogP contribution < -0.4 is 5.32 Å². The van der Waals surface area contributed by atoms with Gasteiger partial charge >= 0.3 is 0 Å². The van der Waals surface area contributed by atoms with E-state index < -0.39 is 80.5 Å². The van der Waals surface area contributed by atoms with Gasteiger partial charge in [0.05, 0.1) is 13.2 Å². The first kappa shape index (κ1) is 21.4. The van der Waals surface area contributed by atoms with Crippen LogP contribution in [0.5, 0.6) is 0 Å². The summed E-state index contributed by atoms with van der Waals surface area (Å²) in [6.07, 6.45) is -13.7. The van der Waals surface area contributed by atoms with Crippen molar-refractivity contribution in [2.24, 2.45) is 0 Å². The van der Waals surface area contributed by atoms with E-state index in [1.165, 1.54) is 0 Å². The van der Waals surface area contributed by atoms with Gasteiger partial charge in [0.1, 0.15) is 48.8 Å². The van der Waals surface area contributed by atoms with E-state index in [0.717, 1.165) is 6.92 Å². The van der Waals surface area contributed by atoms with Gasteiger partial charge in [-0.15, -0.1) is 0 Å². The van der Waals surface area contributed by atoms with E-state index in [2.05, 4.69) is 5.32 Å². The van der Waals surface area contributed by atoms with Crippen molar-refractivity contribution in [3.63, 3.8) is 0 Å². The van der Waals surface area contributed by atoms with Gasteiger partial charge < -0.3 is 55.3 Å². The van der Waals surface area contributed by atoms with Crippen molar-refractivity contribution >= 4 is 5.91 Å². The number of nitrogens with one attached hydrogen (secondary N) is 1. The molecule has 0 saturated carbocycles. The molecular weight excluding hydrogens is 358 g/mol. The second kappa shape index (κ2) is 8.84. The number of rotatable bonds is 5. The molecule has 0 aromatic carbocycles. The third-order valence-corrected chi connectivity index (χ3v) is 4.38. The maximum Gasteiger partial charge on any atom is 0.217 e. The molecule has 2 aliphatic heterocycles. The van der Waals surface area contributed by atoms with Crippen LogP contribution in [0.3, 0.4) is 0 Å². The van der Waals surface area contributed by atoms with Crippen molar-refractivity contribution < 1.29 is 54.8 Å². The molecule has 0 radical (unpaired) electrons. The molecule has 0 spiro atoms. The highest BCUT2D eigenvalue weighted by molar-refractivity contribution is 5.73. The van der Waals surface area contributed by atoms with Crippen LogP contribution in [0.4, 0.5) is 0 Å². The van der Waals surface area contributed by atoms with Crippen LogP contribution in [0.15, 0.2) is 0 Å². The van der Waals surface area contributed by atoms with Crippen LogP contribution >= 0.6 is 0 Å². The first-order valence-electron chi connectivity index (χ1n) is 8.06. The molecule has 10 atom stereocenters. The lowest BCUT2D eigenvalue weighted by molar-refractivity contribution is -0.341. The fourth-order valence-electron chi connectivity index (χ4n) is 2.97. The molecule has 0 bridgehead atoms. The van der Waals surface area contributed by atoms with Gasteiger partial charge in [0.25, 0.3) is 0 Å². The zero-order valence-electron chi connectivity index (χ0n) is 14.0. The summed E-state index contributed by atoms with van der Waals surface area (Å²) in [6.45, 7) is -0.195. The molecule has 0 unspecified atom stereocenters. The highest BCUT2D eigenvalue weighted by Gasteiger charge is 2.50. The zero-order valence-corrected chi connectivity index (χ0v) is 14.0. The van der Waals surface area contributed by atoms with Crippen molar-refractivity contribution in [1.82, 2.24) is 5.32 Å². The quantitative estimate of drug-likeness (QED) is 0.226. The highest BCUT2D eigenvalue weighted by Crippen LogP contribution is 2.28. The maximum absolute atomic E-state index is 11.4. The SMILES string of the molecule is CC(=O)N[C@@H]1[C@@H](O[C@H]2O[C@H](CO)[C@H](O)[C@H](O)[C@H]2O)[C@H](O)[C@@H](CO)O[C@H]1O. The molecular formula is C14H25NO11. The average Bonchev–Trinajstić information content (AvgIpc) is 2.60. The molecule has 0 aromatic rings. The smallest absolute Gasteiger partial charge is 0.217 e. The van der Waals surface area contributed by atoms with Crippen LogP contribution in [-0.4, -0.2) is 116 Å². The van der Waals surface area contributed by atoms with Crippen molar-refractivity contribution in [3.8, 4) is 0 Å². The van der Waals surface area contributed by atoms with Crippen LogP contribution in [-0.2, 0) is 19.0 Å². The van der Waals surface area contributed by atoms with E-state index in [1.54, 1.807) is 0 Å². The predicted octanol–water partition coefficient (Wildman–Crippen LogP) is -5.25. The summed E-state index contributed by atoms with van der Waals surface area (Å²) in [5.74, 6) is -0.574. The molecule has 1 amide bonds. The third kappa shape index (κ3) is 4.31. The fourth-order valence-corrected chi connectivity index (χ4v) is 2.97. The summed E-state index contributed by atoms with van der Waals surface area (Å²) in [4.78, 5) is 11.4. The van der Waals surface area contributed by atoms with Crippen LogP contribution in [0.25, 0.3) is 0 Å². The first-order valence-corrected chi connectivity index (χ1v) is 8.06. The van der Waals surface area contributed by atoms with E-state index in [9.17, 15) is 40.5 Å². The van der Waals surface area contributed by atoms with Crippen molar-refractivity contribution in [1.29, 1.82) is 0 Å². The number of amides is 1. The summed E-state index contributed by atoms with van der Waals surface area (Å²) in [5.41, 5.74) is 0. The minimum absolute atomic E-state index is 0.574. The Hall–Kier alpha value is -0.930. The molecule has 2 aliphatic rings. The van der Waals surface area contributed by atoms with Gasteiger partial charge in [-0.25, -0.2) is 0 Å². The second-order valence-corrected chi connectivity index (χ2v) is 6.26. The van der Waals surface area contributed by atoms with Gasteiger partial charge in [0.15, 0.2) is 12.6 Å². The lowest BCUT2D eigenvalue weighted by Gasteiger charge is -2.46. The number of hydrogen-bond donors (Lipinski definition) is 8. The van der Waals surface area contributed by atoms with Gasteiger partial charge in [-0.3, -0.25) is 4.79 Å². The Labute approximate surface area is 148 Å². The van der Waals surface area contributed by atoms with Crippen molar-refractivity contribution in [3.05, 3.63) is 0 Å². The Balaban J connectivity index is 2.21. The Morgan fingerprint density at radius 1 is 0.923 bits per heavy atom. The van der Waals surface area contributed by atoms with E-state index in [-0.39, 0.29) is 0 Å². The molecule has 2 fully saturated rings. The maximum atomic E-state index is 11.4. The molecule has 2 saturated heterocycles. The summed E-state index contributed by atoms with van der Waals surface area (Å²) in [5, 5.41) is 70.7. The minimum Gasteiger partial charge on any atom is -0.394 e. The van der Waals surface area contributed by atoms with Crippen molar-refractivity contribution in [2.45, 2.75) is 68.3 Å². The number of aliphatic hydroxyl groups is 7. The van der Waals surface area contributed by atoms with Gasteiger partial charge in [-0.2, -0.15) is 0 Å². The fraction of sp³-hybridized carbons (Fsp3) is 0.929. The summed E-state index contributed by atoms with van der Waals surface area (Å²) >= 11 is 0. The molecule has 12 heteroatoms. The van der Waals surface area contributed by atoms with Gasteiger partial charge in [0.2, 0.25) is 5.91 Å². The average molecular weight is 383 g/mol. The zero-order chi connectivity index (χ0) is 19.6. The monoisotopic (exact) mass is 383 g/mol. The standard InChI is InChI=1S/C14H25NO11/c1-4(18)15-7-12(9(20)6(3-17)24-13(7)23)26-14-11(22)10(21)8(19)5(2-16)25-14/h5-14,16-17,19-23H,2-3H2,1H3,(H,15,18)/t5-,6-,7-,8+,9-,10+,11-,12-,13-,14-/m1/s1. The number of carbonyl (C=O) groups is 1. The molecule has 2 heterocycles. The lowest BCUT2D eigenvalue weighted by Crippen LogP contribution is -2.67. The highest BCUT2D eigenvalue weighted by atomic mass is 16.7. The van der Waals surface area contributed by atoms with E-state index >= 15 is 0 Å². The topological polar surface area (TPSA) is 198 Å². The Kier molecular flexibility index (Phi) is 7.27. The molecule has 152 valence electrons. The summed E-state index contributed by atoms with van der Waals surface area (Å²) in [7, 11) is 0. The molecule has 12 nitrogen and oxygen atoms in total. The molecule has 26 heavy (non-hydrogen) atoms. The van der Waals surface area contributed by atoms with Crippen LogP contribution in [0, 0.1) is 0 Å². The van der Waals surface area contributed by atoms with Crippen molar-refractivity contribution in [2.75, 3.05) is 13.2 Å². The molecule has 0 aliphatic carbocycles. The van der Waals surface area contributed by atoms with Crippen LogP contribution in [0.1, 0.15) is 6.92 Å². The third-order valence-electron chi connectivity index (χ3n) is 4.38. The Bertz CT molecular complexity index is 478. The number of ether oxygens (including phenoxy) is 3. The summed E-state index contributed by atoms with van der Waals surface area (Å²) in [6, 6.07) is -1.28. The normalized spacial score (nSPS) is 46.8. The van der Waals surface area contributed by atoms with Gasteiger partial charge in [0, 0.05) is 6.92 Å². The molecule has 8 N–H and O–H groups in total.